The van der Waals surface area contributed by atoms with E-state index in [1.807, 2.05) is 13.8 Å². The standard InChI is InChI=1S/C14H20O5/c1-5-7-8-16-11-10(9(15)6-2)17-13-12(11)18-14(3,4)19-13/h6,9-13,15H,2,8H2,1,3-4H3/t9?,10-,11+,12-,13-/m1/s1. The first kappa shape index (κ1) is 14.5. The van der Waals surface area contributed by atoms with E-state index in [4.69, 9.17) is 18.9 Å². The third-order valence-corrected chi connectivity index (χ3v) is 3.13. The molecule has 106 valence electrons. The van der Waals surface area contributed by atoms with Gasteiger partial charge in [0.05, 0.1) is 0 Å². The lowest BCUT2D eigenvalue weighted by Gasteiger charge is -2.27. The van der Waals surface area contributed by atoms with Gasteiger partial charge in [-0.25, -0.2) is 0 Å². The largest absolute Gasteiger partial charge is 0.386 e. The van der Waals surface area contributed by atoms with Gasteiger partial charge in [-0.2, -0.15) is 0 Å². The maximum absolute atomic E-state index is 9.90. The van der Waals surface area contributed by atoms with E-state index in [-0.39, 0.29) is 12.7 Å². The van der Waals surface area contributed by atoms with Crippen molar-refractivity contribution in [1.29, 1.82) is 0 Å². The first-order valence-electron chi connectivity index (χ1n) is 6.31. The number of aliphatic hydroxyl groups excluding tert-OH is 1. The molecule has 0 radical (unpaired) electrons. The summed E-state index contributed by atoms with van der Waals surface area (Å²) in [5, 5.41) is 9.90. The molecule has 0 aromatic rings. The van der Waals surface area contributed by atoms with Gasteiger partial charge in [0.25, 0.3) is 0 Å². The van der Waals surface area contributed by atoms with Gasteiger partial charge in [-0.3, -0.25) is 0 Å². The van der Waals surface area contributed by atoms with Crippen LogP contribution in [-0.2, 0) is 18.9 Å². The van der Waals surface area contributed by atoms with E-state index in [2.05, 4.69) is 18.4 Å². The minimum Gasteiger partial charge on any atom is -0.386 e. The van der Waals surface area contributed by atoms with Gasteiger partial charge in [0.15, 0.2) is 12.1 Å². The molecule has 0 bridgehead atoms. The molecule has 1 N–H and O–H groups in total. The second kappa shape index (κ2) is 5.61. The molecule has 0 aromatic heterocycles. The van der Waals surface area contributed by atoms with E-state index >= 15 is 0 Å². The van der Waals surface area contributed by atoms with Crippen LogP contribution in [0.15, 0.2) is 12.7 Å². The number of rotatable bonds is 4. The SMILES string of the molecule is C=CC(O)[C@H]1O[C@@H]2OC(C)(C)O[C@@H]2[C@H]1OCC#CC. The molecule has 2 saturated heterocycles. The predicted octanol–water partition coefficient (Wildman–Crippen LogP) is 0.818. The van der Waals surface area contributed by atoms with Crippen molar-refractivity contribution in [2.75, 3.05) is 6.61 Å². The van der Waals surface area contributed by atoms with Crippen molar-refractivity contribution in [3.8, 4) is 11.8 Å². The fraction of sp³-hybridized carbons (Fsp3) is 0.714. The Balaban J connectivity index is 2.10. The van der Waals surface area contributed by atoms with Gasteiger partial charge in [0.1, 0.15) is 31.0 Å². The molecule has 2 heterocycles. The first-order valence-corrected chi connectivity index (χ1v) is 6.31. The zero-order chi connectivity index (χ0) is 14.0. The lowest BCUT2D eigenvalue weighted by molar-refractivity contribution is -0.225. The number of aliphatic hydroxyl groups is 1. The van der Waals surface area contributed by atoms with Gasteiger partial charge in [-0.15, -0.1) is 12.5 Å². The molecule has 0 amide bonds. The molecular weight excluding hydrogens is 248 g/mol. The second-order valence-corrected chi connectivity index (χ2v) is 5.00. The average molecular weight is 268 g/mol. The van der Waals surface area contributed by atoms with Crippen molar-refractivity contribution in [1.82, 2.24) is 0 Å². The number of hydrogen-bond donors (Lipinski definition) is 1. The molecule has 5 heteroatoms. The van der Waals surface area contributed by atoms with Crippen LogP contribution in [0.3, 0.4) is 0 Å². The first-order chi connectivity index (χ1) is 8.98. The van der Waals surface area contributed by atoms with Crippen molar-refractivity contribution in [3.05, 3.63) is 12.7 Å². The molecule has 0 spiro atoms. The monoisotopic (exact) mass is 268 g/mol. The Morgan fingerprint density at radius 1 is 1.47 bits per heavy atom. The van der Waals surface area contributed by atoms with Crippen LogP contribution in [0, 0.1) is 11.8 Å². The summed E-state index contributed by atoms with van der Waals surface area (Å²) in [6.07, 6.45) is -1.30. The minimum absolute atomic E-state index is 0.262. The van der Waals surface area contributed by atoms with Crippen LogP contribution >= 0.6 is 0 Å². The predicted molar refractivity (Wildman–Crippen MR) is 68.1 cm³/mol. The van der Waals surface area contributed by atoms with Crippen LogP contribution in [0.25, 0.3) is 0 Å². The third kappa shape index (κ3) is 2.99. The maximum Gasteiger partial charge on any atom is 0.190 e. The zero-order valence-electron chi connectivity index (χ0n) is 11.5. The summed E-state index contributed by atoms with van der Waals surface area (Å²) in [5.41, 5.74) is 0. The molecule has 2 rings (SSSR count). The van der Waals surface area contributed by atoms with Gasteiger partial charge in [0, 0.05) is 0 Å². The topological polar surface area (TPSA) is 57.2 Å². The highest BCUT2D eigenvalue weighted by molar-refractivity contribution is 5.02. The molecule has 5 nitrogen and oxygen atoms in total. The summed E-state index contributed by atoms with van der Waals surface area (Å²) in [6, 6.07) is 0. The molecule has 2 aliphatic rings. The highest BCUT2D eigenvalue weighted by Gasteiger charge is 2.56. The number of hydrogen-bond acceptors (Lipinski definition) is 5. The van der Waals surface area contributed by atoms with Gasteiger partial charge in [0.2, 0.25) is 0 Å². The Hall–Kier alpha value is -0.900. The molecule has 2 fully saturated rings. The van der Waals surface area contributed by atoms with Gasteiger partial charge in [-0.05, 0) is 20.8 Å². The molecule has 0 saturated carbocycles. The van der Waals surface area contributed by atoms with Gasteiger partial charge >= 0.3 is 0 Å². The molecule has 5 atom stereocenters. The highest BCUT2D eigenvalue weighted by Crippen LogP contribution is 2.39. The van der Waals surface area contributed by atoms with Crippen LogP contribution in [0.1, 0.15) is 20.8 Å². The Morgan fingerprint density at radius 3 is 2.84 bits per heavy atom. The zero-order valence-corrected chi connectivity index (χ0v) is 11.5. The van der Waals surface area contributed by atoms with Gasteiger partial charge in [-0.1, -0.05) is 12.0 Å². The smallest absolute Gasteiger partial charge is 0.190 e. The molecule has 2 aliphatic heterocycles. The summed E-state index contributed by atoms with van der Waals surface area (Å²) in [4.78, 5) is 0. The van der Waals surface area contributed by atoms with E-state index in [0.29, 0.717) is 0 Å². The molecule has 19 heavy (non-hydrogen) atoms. The van der Waals surface area contributed by atoms with E-state index in [1.165, 1.54) is 6.08 Å². The van der Waals surface area contributed by atoms with Crippen molar-refractivity contribution >= 4 is 0 Å². The van der Waals surface area contributed by atoms with Crippen LogP contribution < -0.4 is 0 Å². The summed E-state index contributed by atoms with van der Waals surface area (Å²) >= 11 is 0. The van der Waals surface area contributed by atoms with Crippen molar-refractivity contribution in [3.63, 3.8) is 0 Å². The van der Waals surface area contributed by atoms with E-state index in [1.54, 1.807) is 6.92 Å². The van der Waals surface area contributed by atoms with Crippen molar-refractivity contribution in [2.24, 2.45) is 0 Å². The second-order valence-electron chi connectivity index (χ2n) is 5.00. The fourth-order valence-corrected chi connectivity index (χ4v) is 2.31. The Morgan fingerprint density at radius 2 is 2.21 bits per heavy atom. The average Bonchev–Trinajstić information content (AvgIpc) is 2.82. The van der Waals surface area contributed by atoms with E-state index in [9.17, 15) is 5.11 Å². The molecule has 0 aromatic carbocycles. The minimum atomic E-state index is -0.833. The van der Waals surface area contributed by atoms with Crippen molar-refractivity contribution in [2.45, 2.75) is 57.3 Å². The summed E-state index contributed by atoms with van der Waals surface area (Å²) in [6.45, 7) is 9.20. The van der Waals surface area contributed by atoms with Crippen LogP contribution in [-0.4, -0.2) is 48.2 Å². The lowest BCUT2D eigenvalue weighted by Crippen LogP contribution is -2.42. The number of fused-ring (bicyclic) bond motifs is 1. The quantitative estimate of drug-likeness (QED) is 0.604. The highest BCUT2D eigenvalue weighted by atomic mass is 16.8. The van der Waals surface area contributed by atoms with E-state index < -0.39 is 30.4 Å². The summed E-state index contributed by atoms with van der Waals surface area (Å²) in [7, 11) is 0. The Labute approximate surface area is 113 Å². The third-order valence-electron chi connectivity index (χ3n) is 3.13. The van der Waals surface area contributed by atoms with E-state index in [0.717, 1.165) is 0 Å². The Bertz CT molecular complexity index is 394. The van der Waals surface area contributed by atoms with Crippen LogP contribution in [0.4, 0.5) is 0 Å². The Kier molecular flexibility index (Phi) is 4.29. The lowest BCUT2D eigenvalue weighted by atomic mass is 10.1. The molecule has 1 unspecified atom stereocenters. The maximum atomic E-state index is 9.90. The summed E-state index contributed by atoms with van der Waals surface area (Å²) < 4.78 is 22.8. The number of ether oxygens (including phenoxy) is 4. The van der Waals surface area contributed by atoms with Crippen LogP contribution in [0.2, 0.25) is 0 Å². The molecular formula is C14H20O5. The fourth-order valence-electron chi connectivity index (χ4n) is 2.31. The summed E-state index contributed by atoms with van der Waals surface area (Å²) in [5.74, 6) is 4.87. The van der Waals surface area contributed by atoms with Gasteiger partial charge < -0.3 is 24.1 Å². The normalized spacial score (nSPS) is 37.3. The van der Waals surface area contributed by atoms with Crippen LogP contribution in [0.5, 0.6) is 0 Å². The van der Waals surface area contributed by atoms with Crippen molar-refractivity contribution < 1.29 is 24.1 Å². The molecule has 0 aliphatic carbocycles.